The lowest BCUT2D eigenvalue weighted by Crippen LogP contribution is -2.42. The van der Waals surface area contributed by atoms with Gasteiger partial charge in [0, 0.05) is 37.1 Å². The molecule has 0 saturated carbocycles. The number of carbonyl (C=O) groups excluding carboxylic acids is 2. The molecule has 3 N–H and O–H groups in total. The Hall–Kier alpha value is -2.60. The topological polar surface area (TPSA) is 130 Å². The Kier molecular flexibility index (Phi) is 7.69. The molecule has 0 unspecified atom stereocenters. The molecule has 0 radical (unpaired) electrons. The van der Waals surface area contributed by atoms with Crippen LogP contribution in [-0.2, 0) is 17.7 Å². The Bertz CT molecular complexity index is 924. The highest BCUT2D eigenvalue weighted by Crippen LogP contribution is 2.28. The number of aliphatic hydroxyl groups excluding tert-OH is 1. The monoisotopic (exact) mass is 452 g/mol. The van der Waals surface area contributed by atoms with Gasteiger partial charge in [-0.1, -0.05) is 24.3 Å². The van der Waals surface area contributed by atoms with Crippen LogP contribution < -0.4 is 10.6 Å². The third-order valence-electron chi connectivity index (χ3n) is 4.18. The molecule has 1 aliphatic heterocycles. The second-order valence-corrected chi connectivity index (χ2v) is 7.95. The summed E-state index contributed by atoms with van der Waals surface area (Å²) in [4.78, 5) is 38.8. The van der Waals surface area contributed by atoms with Crippen LogP contribution >= 0.6 is 22.9 Å². The van der Waals surface area contributed by atoms with Gasteiger partial charge in [-0.2, -0.15) is 0 Å². The number of fused-ring (bicyclic) bond motifs is 1. The maximum atomic E-state index is 12.1. The van der Waals surface area contributed by atoms with Crippen LogP contribution in [-0.4, -0.2) is 69.3 Å². The number of anilines is 1. The molecule has 0 spiro atoms. The molecule has 1 atom stereocenters. The number of nitrogens with zero attached hydrogens (tertiary/aromatic N) is 4. The lowest BCUT2D eigenvalue weighted by molar-refractivity contribution is 0.0836. The van der Waals surface area contributed by atoms with E-state index >= 15 is 0 Å². The molecule has 0 saturated heterocycles. The summed E-state index contributed by atoms with van der Waals surface area (Å²) in [6, 6.07) is 1.36. The normalized spacial score (nSPS) is 14.5. The largest absolute Gasteiger partial charge is 0.445 e. The number of β-amino-alcohol motifs (C(OH)–C–C–N with tert-alkyl or cyclic N) is 1. The molecule has 0 aliphatic carbocycles. The van der Waals surface area contributed by atoms with Crippen LogP contribution in [0.1, 0.15) is 21.1 Å². The predicted molar refractivity (Wildman–Crippen MR) is 112 cm³/mol. The van der Waals surface area contributed by atoms with E-state index in [9.17, 15) is 14.7 Å². The average molecular weight is 453 g/mol. The van der Waals surface area contributed by atoms with Gasteiger partial charge in [0.15, 0.2) is 5.13 Å². The van der Waals surface area contributed by atoms with Crippen LogP contribution in [0.2, 0.25) is 5.15 Å². The van der Waals surface area contributed by atoms with Crippen molar-refractivity contribution in [2.24, 2.45) is 0 Å². The molecular formula is C18H21ClN6O4S. The van der Waals surface area contributed by atoms with Crippen LogP contribution in [0, 0.1) is 0 Å². The number of ether oxygens (including phenoxy) is 1. The van der Waals surface area contributed by atoms with Gasteiger partial charge in [0.25, 0.3) is 5.91 Å². The molecule has 2 aromatic heterocycles. The van der Waals surface area contributed by atoms with Crippen molar-refractivity contribution in [3.05, 3.63) is 46.5 Å². The van der Waals surface area contributed by atoms with Gasteiger partial charge in [0.05, 0.1) is 11.8 Å². The number of amides is 2. The van der Waals surface area contributed by atoms with E-state index in [-0.39, 0.29) is 24.0 Å². The number of aliphatic hydroxyl groups is 1. The van der Waals surface area contributed by atoms with Crippen molar-refractivity contribution in [2.75, 3.05) is 31.6 Å². The van der Waals surface area contributed by atoms with E-state index in [1.165, 1.54) is 29.8 Å². The highest BCUT2D eigenvalue weighted by molar-refractivity contribution is 7.15. The van der Waals surface area contributed by atoms with Gasteiger partial charge >= 0.3 is 6.09 Å². The van der Waals surface area contributed by atoms with E-state index in [4.69, 9.17) is 16.3 Å². The first kappa shape index (κ1) is 22.1. The van der Waals surface area contributed by atoms with Crippen molar-refractivity contribution < 1.29 is 19.4 Å². The summed E-state index contributed by atoms with van der Waals surface area (Å²) in [6.45, 7) is 5.34. The van der Waals surface area contributed by atoms with Crippen LogP contribution in [0.5, 0.6) is 0 Å². The minimum absolute atomic E-state index is 0.0722. The fourth-order valence-corrected chi connectivity index (χ4v) is 3.93. The van der Waals surface area contributed by atoms with E-state index in [0.717, 1.165) is 23.5 Å². The van der Waals surface area contributed by atoms with E-state index < -0.39 is 18.1 Å². The van der Waals surface area contributed by atoms with E-state index in [1.807, 2.05) is 4.90 Å². The standard InChI is InChI=1S/C18H21ClN6O4S/c1-2-5-29-18(28)24-17-23-13-9-25(4-3-14(13)30-17)8-11(26)7-20-16(27)12-6-15(19)22-10-21-12/h2,6,10-11,26H,1,3-5,7-9H2,(H,20,27)(H,23,24,28)/t11-/m0/s1. The molecule has 160 valence electrons. The molecule has 1 aliphatic rings. The van der Waals surface area contributed by atoms with Crippen molar-refractivity contribution in [2.45, 2.75) is 19.1 Å². The Balaban J connectivity index is 1.46. The number of carbonyl (C=O) groups is 2. The fraction of sp³-hybridized carbons (Fsp3) is 0.389. The summed E-state index contributed by atoms with van der Waals surface area (Å²) in [5.74, 6) is -0.433. The van der Waals surface area contributed by atoms with Gasteiger partial charge in [0.2, 0.25) is 0 Å². The maximum absolute atomic E-state index is 12.1. The number of halogens is 1. The van der Waals surface area contributed by atoms with Gasteiger partial charge in [-0.3, -0.25) is 15.0 Å². The molecule has 12 heteroatoms. The van der Waals surface area contributed by atoms with Crippen LogP contribution in [0.4, 0.5) is 9.93 Å². The number of aromatic nitrogens is 3. The molecule has 0 fully saturated rings. The molecule has 0 aromatic carbocycles. The molecule has 2 amide bonds. The lowest BCUT2D eigenvalue weighted by atomic mass is 10.1. The minimum Gasteiger partial charge on any atom is -0.445 e. The van der Waals surface area contributed by atoms with Gasteiger partial charge in [-0.15, -0.1) is 11.3 Å². The average Bonchev–Trinajstić information content (AvgIpc) is 3.11. The Morgan fingerprint density at radius 3 is 3.07 bits per heavy atom. The van der Waals surface area contributed by atoms with Gasteiger partial charge in [0.1, 0.15) is 23.8 Å². The van der Waals surface area contributed by atoms with Crippen molar-refractivity contribution >= 4 is 40.1 Å². The summed E-state index contributed by atoms with van der Waals surface area (Å²) in [7, 11) is 0. The maximum Gasteiger partial charge on any atom is 0.413 e. The SMILES string of the molecule is C=CCOC(=O)Nc1nc2c(s1)CCN(C[C@@H](O)CNC(=O)c1cc(Cl)ncn1)C2. The van der Waals surface area contributed by atoms with Crippen molar-refractivity contribution in [1.82, 2.24) is 25.2 Å². The van der Waals surface area contributed by atoms with E-state index in [2.05, 4.69) is 32.2 Å². The van der Waals surface area contributed by atoms with Gasteiger partial charge in [-0.05, 0) is 6.42 Å². The number of hydrogen-bond acceptors (Lipinski definition) is 9. The van der Waals surface area contributed by atoms with Gasteiger partial charge in [-0.25, -0.2) is 19.7 Å². The number of rotatable bonds is 8. The van der Waals surface area contributed by atoms with Crippen molar-refractivity contribution in [3.8, 4) is 0 Å². The summed E-state index contributed by atoms with van der Waals surface area (Å²) in [6.07, 6.45) is 2.11. The summed E-state index contributed by atoms with van der Waals surface area (Å²) in [5.41, 5.74) is 0.996. The first-order valence-corrected chi connectivity index (χ1v) is 10.3. The molecule has 2 aromatic rings. The molecule has 3 rings (SSSR count). The molecule has 0 bridgehead atoms. The Labute approximate surface area is 182 Å². The smallest absolute Gasteiger partial charge is 0.413 e. The third kappa shape index (κ3) is 6.20. The van der Waals surface area contributed by atoms with E-state index in [0.29, 0.717) is 18.2 Å². The highest BCUT2D eigenvalue weighted by Gasteiger charge is 2.23. The summed E-state index contributed by atoms with van der Waals surface area (Å²) < 4.78 is 4.89. The molecule has 10 nitrogen and oxygen atoms in total. The minimum atomic E-state index is -0.766. The first-order valence-electron chi connectivity index (χ1n) is 9.14. The Morgan fingerprint density at radius 1 is 1.47 bits per heavy atom. The lowest BCUT2D eigenvalue weighted by Gasteiger charge is -2.27. The number of hydrogen-bond donors (Lipinski definition) is 3. The quantitative estimate of drug-likeness (QED) is 0.405. The van der Waals surface area contributed by atoms with Crippen LogP contribution in [0.3, 0.4) is 0 Å². The Morgan fingerprint density at radius 2 is 2.30 bits per heavy atom. The third-order valence-corrected chi connectivity index (χ3v) is 5.46. The first-order chi connectivity index (χ1) is 14.4. The van der Waals surface area contributed by atoms with Gasteiger partial charge < -0.3 is 15.2 Å². The highest BCUT2D eigenvalue weighted by atomic mass is 35.5. The summed E-state index contributed by atoms with van der Waals surface area (Å²) >= 11 is 7.16. The van der Waals surface area contributed by atoms with E-state index in [1.54, 1.807) is 0 Å². The molecule has 30 heavy (non-hydrogen) atoms. The number of thiazole rings is 1. The molecular weight excluding hydrogens is 432 g/mol. The van der Waals surface area contributed by atoms with Crippen molar-refractivity contribution in [3.63, 3.8) is 0 Å². The zero-order valence-corrected chi connectivity index (χ0v) is 17.6. The van der Waals surface area contributed by atoms with Crippen LogP contribution in [0.15, 0.2) is 25.0 Å². The molecule has 3 heterocycles. The van der Waals surface area contributed by atoms with Crippen LogP contribution in [0.25, 0.3) is 0 Å². The van der Waals surface area contributed by atoms with Crippen molar-refractivity contribution in [1.29, 1.82) is 0 Å². The predicted octanol–water partition coefficient (Wildman–Crippen LogP) is 1.47. The second kappa shape index (κ2) is 10.4. The summed E-state index contributed by atoms with van der Waals surface area (Å²) in [5, 5.41) is 16.2. The zero-order chi connectivity index (χ0) is 21.5. The number of nitrogens with one attached hydrogen (secondary N) is 2. The second-order valence-electron chi connectivity index (χ2n) is 6.48. The zero-order valence-electron chi connectivity index (χ0n) is 16.0. The fourth-order valence-electron chi connectivity index (χ4n) is 2.84.